The summed E-state index contributed by atoms with van der Waals surface area (Å²) in [5.41, 5.74) is 3.54. The summed E-state index contributed by atoms with van der Waals surface area (Å²) in [5.74, 6) is 0.266. The van der Waals surface area contributed by atoms with Crippen LogP contribution in [0.2, 0.25) is 10.0 Å². The molecule has 2 aromatic carbocycles. The fraction of sp³-hybridized carbons (Fsp3) is 0.294. The predicted molar refractivity (Wildman–Crippen MR) is 90.3 cm³/mol. The summed E-state index contributed by atoms with van der Waals surface area (Å²) in [4.78, 5) is 10.9. The van der Waals surface area contributed by atoms with Crippen molar-refractivity contribution in [2.75, 3.05) is 7.05 Å². The smallest absolute Gasteiger partial charge is 0.0751 e. The van der Waals surface area contributed by atoms with Crippen molar-refractivity contribution in [1.29, 1.82) is 0 Å². The molecule has 0 aliphatic heterocycles. The topological polar surface area (TPSA) is 32.7 Å². The molecule has 0 aromatic heterocycles. The number of rotatable bonds is 3. The Bertz CT molecular complexity index is 705. The molecule has 0 saturated heterocycles. The lowest BCUT2D eigenvalue weighted by molar-refractivity contribution is 0.223. The normalized spacial score (nSPS) is 20.3. The minimum atomic E-state index is 0.0349. The van der Waals surface area contributed by atoms with E-state index < -0.39 is 0 Å². The van der Waals surface area contributed by atoms with Crippen LogP contribution >= 0.6 is 23.2 Å². The van der Waals surface area contributed by atoms with Crippen molar-refractivity contribution in [3.63, 3.8) is 0 Å². The Kier molecular flexibility index (Phi) is 4.37. The number of hydrogen-bond donors (Lipinski definition) is 0. The van der Waals surface area contributed by atoms with E-state index in [-0.39, 0.29) is 12.0 Å². The van der Waals surface area contributed by atoms with Crippen LogP contribution in [0.5, 0.6) is 0 Å². The first-order chi connectivity index (χ1) is 10.6. The van der Waals surface area contributed by atoms with E-state index in [9.17, 15) is 4.91 Å². The number of nitroso groups, excluding NO2 is 1. The highest BCUT2D eigenvalue weighted by atomic mass is 35.5. The molecule has 0 spiro atoms. The van der Waals surface area contributed by atoms with Gasteiger partial charge in [-0.3, -0.25) is 5.01 Å². The average molecular weight is 335 g/mol. The zero-order valence-electron chi connectivity index (χ0n) is 12.2. The van der Waals surface area contributed by atoms with Crippen molar-refractivity contribution in [3.05, 3.63) is 74.1 Å². The summed E-state index contributed by atoms with van der Waals surface area (Å²) in [6.07, 6.45) is 1.82. The van der Waals surface area contributed by atoms with Crippen molar-refractivity contribution in [2.45, 2.75) is 24.8 Å². The van der Waals surface area contributed by atoms with Crippen LogP contribution < -0.4 is 0 Å². The molecule has 114 valence electrons. The lowest BCUT2D eigenvalue weighted by Gasteiger charge is -2.34. The third-order valence-corrected chi connectivity index (χ3v) is 5.12. The molecule has 0 heterocycles. The Balaban J connectivity index is 2.04. The van der Waals surface area contributed by atoms with E-state index in [4.69, 9.17) is 23.2 Å². The quantitative estimate of drug-likeness (QED) is 0.542. The molecule has 5 heteroatoms. The Morgan fingerprint density at radius 3 is 2.45 bits per heavy atom. The highest BCUT2D eigenvalue weighted by Gasteiger charge is 2.30. The fourth-order valence-corrected chi connectivity index (χ4v) is 3.59. The third-order valence-electron chi connectivity index (χ3n) is 4.39. The van der Waals surface area contributed by atoms with Crippen LogP contribution in [0.4, 0.5) is 0 Å². The molecule has 0 amide bonds. The monoisotopic (exact) mass is 334 g/mol. The van der Waals surface area contributed by atoms with Crippen LogP contribution in [-0.4, -0.2) is 12.1 Å². The Hall–Kier alpha value is -1.58. The van der Waals surface area contributed by atoms with E-state index in [1.54, 1.807) is 7.05 Å². The maximum atomic E-state index is 10.9. The summed E-state index contributed by atoms with van der Waals surface area (Å²) in [7, 11) is 1.73. The summed E-state index contributed by atoms with van der Waals surface area (Å²) < 4.78 is 0. The van der Waals surface area contributed by atoms with Gasteiger partial charge in [-0.25, -0.2) is 0 Å². The Morgan fingerprint density at radius 2 is 1.77 bits per heavy atom. The van der Waals surface area contributed by atoms with Crippen molar-refractivity contribution in [2.24, 2.45) is 5.29 Å². The molecule has 1 aliphatic rings. The average Bonchev–Trinajstić information content (AvgIpc) is 2.55. The van der Waals surface area contributed by atoms with E-state index in [0.29, 0.717) is 10.0 Å². The van der Waals surface area contributed by atoms with Crippen molar-refractivity contribution < 1.29 is 0 Å². The number of nitrogens with zero attached hydrogens (tertiary/aromatic N) is 2. The van der Waals surface area contributed by atoms with Crippen LogP contribution in [0.3, 0.4) is 0 Å². The largest absolute Gasteiger partial charge is 0.256 e. The molecule has 0 bridgehead atoms. The van der Waals surface area contributed by atoms with E-state index in [2.05, 4.69) is 17.4 Å². The molecule has 0 N–H and O–H groups in total. The number of fused-ring (bicyclic) bond motifs is 1. The maximum absolute atomic E-state index is 10.9. The molecular formula is C17H16Cl2N2O. The van der Waals surface area contributed by atoms with E-state index in [0.717, 1.165) is 24.0 Å². The van der Waals surface area contributed by atoms with Crippen molar-refractivity contribution in [3.8, 4) is 0 Å². The third kappa shape index (κ3) is 2.71. The predicted octanol–water partition coefficient (Wildman–Crippen LogP) is 5.57. The van der Waals surface area contributed by atoms with Gasteiger partial charge in [0, 0.05) is 13.0 Å². The highest BCUT2D eigenvalue weighted by molar-refractivity contribution is 6.42. The summed E-state index contributed by atoms with van der Waals surface area (Å²) in [6.45, 7) is 0. The standard InChI is InChI=1S/C17H16Cl2N2O/c1-21(20-22)17-9-7-12(13-4-2-3-5-14(13)17)11-6-8-15(18)16(19)10-11/h2-6,8,10,12,17H,7,9H2,1H3. The lowest BCUT2D eigenvalue weighted by atomic mass is 9.76. The molecular weight excluding hydrogens is 319 g/mol. The van der Waals surface area contributed by atoms with Gasteiger partial charge in [0.1, 0.15) is 0 Å². The number of hydrogen-bond acceptors (Lipinski definition) is 2. The van der Waals surface area contributed by atoms with Crippen LogP contribution in [0, 0.1) is 4.91 Å². The molecule has 2 unspecified atom stereocenters. The Morgan fingerprint density at radius 1 is 1.05 bits per heavy atom. The van der Waals surface area contributed by atoms with Gasteiger partial charge in [0.15, 0.2) is 0 Å². The van der Waals surface area contributed by atoms with Gasteiger partial charge in [0.25, 0.3) is 0 Å². The molecule has 22 heavy (non-hydrogen) atoms. The minimum Gasteiger partial charge on any atom is -0.256 e. The highest BCUT2D eigenvalue weighted by Crippen LogP contribution is 2.44. The second kappa shape index (κ2) is 6.27. The molecule has 1 aliphatic carbocycles. The maximum Gasteiger partial charge on any atom is 0.0751 e. The molecule has 0 radical (unpaired) electrons. The molecule has 3 rings (SSSR count). The lowest BCUT2D eigenvalue weighted by Crippen LogP contribution is -2.25. The first kappa shape index (κ1) is 15.3. The summed E-state index contributed by atoms with van der Waals surface area (Å²) in [6, 6.07) is 14.1. The van der Waals surface area contributed by atoms with Gasteiger partial charge in [-0.15, -0.1) is 4.91 Å². The molecule has 2 aromatic rings. The van der Waals surface area contributed by atoms with E-state index in [1.807, 2.05) is 30.3 Å². The van der Waals surface area contributed by atoms with Crippen molar-refractivity contribution in [1.82, 2.24) is 5.01 Å². The summed E-state index contributed by atoms with van der Waals surface area (Å²) >= 11 is 12.2. The molecule has 3 nitrogen and oxygen atoms in total. The molecule has 2 atom stereocenters. The van der Waals surface area contributed by atoms with Crippen LogP contribution in [0.15, 0.2) is 47.8 Å². The van der Waals surface area contributed by atoms with Gasteiger partial charge < -0.3 is 0 Å². The molecule has 0 fully saturated rings. The van der Waals surface area contributed by atoms with Gasteiger partial charge in [0.05, 0.1) is 21.4 Å². The zero-order chi connectivity index (χ0) is 15.7. The second-order valence-electron chi connectivity index (χ2n) is 5.60. The van der Waals surface area contributed by atoms with E-state index >= 15 is 0 Å². The zero-order valence-corrected chi connectivity index (χ0v) is 13.7. The van der Waals surface area contributed by atoms with Gasteiger partial charge >= 0.3 is 0 Å². The Labute approximate surface area is 139 Å². The van der Waals surface area contributed by atoms with Gasteiger partial charge in [0.2, 0.25) is 0 Å². The first-order valence-electron chi connectivity index (χ1n) is 7.21. The van der Waals surface area contributed by atoms with Crippen LogP contribution in [0.1, 0.15) is 41.5 Å². The van der Waals surface area contributed by atoms with Gasteiger partial charge in [-0.1, -0.05) is 53.5 Å². The van der Waals surface area contributed by atoms with E-state index in [1.165, 1.54) is 10.6 Å². The van der Waals surface area contributed by atoms with Crippen LogP contribution in [0.25, 0.3) is 0 Å². The van der Waals surface area contributed by atoms with Crippen molar-refractivity contribution >= 4 is 23.2 Å². The minimum absolute atomic E-state index is 0.0349. The first-order valence-corrected chi connectivity index (χ1v) is 7.97. The van der Waals surface area contributed by atoms with Gasteiger partial charge in [-0.05, 0) is 41.7 Å². The summed E-state index contributed by atoms with van der Waals surface area (Å²) in [5, 5.41) is 5.72. The SMILES string of the molecule is CN(N=O)C1CCC(c2ccc(Cl)c(Cl)c2)c2ccccc21. The molecule has 0 saturated carbocycles. The fourth-order valence-electron chi connectivity index (χ4n) is 3.29. The van der Waals surface area contributed by atoms with Gasteiger partial charge in [-0.2, -0.15) is 0 Å². The van der Waals surface area contributed by atoms with Crippen LogP contribution in [-0.2, 0) is 0 Å². The number of halogens is 2. The number of benzene rings is 2. The second-order valence-corrected chi connectivity index (χ2v) is 6.42.